The normalized spacial score (nSPS) is 23.0. The van der Waals surface area contributed by atoms with Crippen LogP contribution in [0.2, 0.25) is 0 Å². The number of nitrogens with one attached hydrogen (secondary N) is 2. The van der Waals surface area contributed by atoms with Crippen LogP contribution < -0.4 is 10.5 Å². The fourth-order valence-electron chi connectivity index (χ4n) is 0.871. The van der Waals surface area contributed by atoms with Crippen molar-refractivity contribution in [2.75, 3.05) is 7.05 Å². The predicted molar refractivity (Wildman–Crippen MR) is 44.8 cm³/mol. The summed E-state index contributed by atoms with van der Waals surface area (Å²) in [5, 5.41) is 15.0. The Morgan fingerprint density at radius 2 is 2.18 bits per heavy atom. The third-order valence-electron chi connectivity index (χ3n) is 1.37. The highest BCUT2D eigenvalue weighted by Crippen LogP contribution is 2.02. The molecule has 1 aliphatic rings. The van der Waals surface area contributed by atoms with E-state index in [9.17, 15) is 5.21 Å². The van der Waals surface area contributed by atoms with Crippen molar-refractivity contribution in [2.24, 2.45) is 0 Å². The molecule has 0 atom stereocenters. The lowest BCUT2D eigenvalue weighted by atomic mass is 10.1. The van der Waals surface area contributed by atoms with Gasteiger partial charge in [-0.25, -0.2) is 5.16 Å². The average molecular weight is 150 g/mol. The molecule has 3 nitrogen and oxygen atoms in total. The first-order valence-electron chi connectivity index (χ1n) is 3.36. The Balaban J connectivity index is 2.88. The van der Waals surface area contributed by atoms with Crippen molar-refractivity contribution < 1.29 is 5.16 Å². The Morgan fingerprint density at radius 3 is 2.82 bits per heavy atom. The molecule has 0 aliphatic heterocycles. The highest BCUT2D eigenvalue weighted by atomic mass is 16.4. The van der Waals surface area contributed by atoms with Crippen molar-refractivity contribution in [2.45, 2.75) is 0 Å². The van der Waals surface area contributed by atoms with Gasteiger partial charge in [0.2, 0.25) is 5.71 Å². The standard InChI is InChI=1S/C8H10N2O/c1-9-6-7-4-2-3-5-8(7)10-11/h2-6,9-10H,1H3/b7-6-,10-8+. The van der Waals surface area contributed by atoms with Crippen molar-refractivity contribution in [3.8, 4) is 0 Å². The van der Waals surface area contributed by atoms with E-state index in [-0.39, 0.29) is 0 Å². The second-order valence-corrected chi connectivity index (χ2v) is 2.12. The monoisotopic (exact) mass is 150 g/mol. The lowest BCUT2D eigenvalue weighted by Gasteiger charge is -2.00. The minimum atomic E-state index is 0.585. The second-order valence-electron chi connectivity index (χ2n) is 2.12. The molecule has 0 spiro atoms. The molecule has 0 aromatic heterocycles. The van der Waals surface area contributed by atoms with Crippen molar-refractivity contribution in [1.29, 1.82) is 0 Å². The van der Waals surface area contributed by atoms with Crippen molar-refractivity contribution >= 4 is 5.71 Å². The minimum absolute atomic E-state index is 0.585. The Labute approximate surface area is 65.4 Å². The van der Waals surface area contributed by atoms with Gasteiger partial charge in [0.1, 0.15) is 0 Å². The predicted octanol–water partition coefficient (Wildman–Crippen LogP) is -0.765. The first-order valence-corrected chi connectivity index (χ1v) is 3.36. The van der Waals surface area contributed by atoms with Crippen LogP contribution in [-0.2, 0) is 0 Å². The lowest BCUT2D eigenvalue weighted by molar-refractivity contribution is -0.371. The molecule has 0 heterocycles. The van der Waals surface area contributed by atoms with E-state index in [2.05, 4.69) is 5.32 Å². The highest BCUT2D eigenvalue weighted by molar-refractivity contribution is 6.07. The maximum absolute atomic E-state index is 10.3. The lowest BCUT2D eigenvalue weighted by Crippen LogP contribution is -2.65. The van der Waals surface area contributed by atoms with Gasteiger partial charge in [0.25, 0.3) is 0 Å². The molecule has 0 fully saturated rings. The van der Waals surface area contributed by atoms with E-state index in [4.69, 9.17) is 0 Å². The van der Waals surface area contributed by atoms with Crippen LogP contribution in [-0.4, -0.2) is 12.8 Å². The number of hydrogen-bond acceptors (Lipinski definition) is 2. The number of hydrogen-bond donors (Lipinski definition) is 2. The van der Waals surface area contributed by atoms with Crippen LogP contribution in [0, 0.1) is 5.21 Å². The van der Waals surface area contributed by atoms with Gasteiger partial charge in [-0.1, -0.05) is 12.2 Å². The van der Waals surface area contributed by atoms with E-state index in [1.54, 1.807) is 19.3 Å². The Kier molecular flexibility index (Phi) is 2.49. The van der Waals surface area contributed by atoms with Crippen LogP contribution in [0.3, 0.4) is 0 Å². The van der Waals surface area contributed by atoms with Crippen LogP contribution in [0.25, 0.3) is 0 Å². The molecule has 0 bridgehead atoms. The summed E-state index contributed by atoms with van der Waals surface area (Å²) >= 11 is 0. The number of rotatable bonds is 1. The summed E-state index contributed by atoms with van der Waals surface area (Å²) < 4.78 is 0. The topological polar surface area (TPSA) is 49.1 Å². The summed E-state index contributed by atoms with van der Waals surface area (Å²) in [6, 6.07) is 0. The van der Waals surface area contributed by atoms with E-state index in [1.165, 1.54) is 0 Å². The molecule has 0 saturated carbocycles. The molecule has 0 aromatic rings. The average Bonchev–Trinajstić information content (AvgIpc) is 2.06. The number of allylic oxidation sites excluding steroid dienone is 5. The molecule has 11 heavy (non-hydrogen) atoms. The summed E-state index contributed by atoms with van der Waals surface area (Å²) in [5.41, 5.74) is 1.45. The van der Waals surface area contributed by atoms with Gasteiger partial charge < -0.3 is 10.5 Å². The van der Waals surface area contributed by atoms with E-state index in [1.807, 2.05) is 23.4 Å². The fourth-order valence-corrected chi connectivity index (χ4v) is 0.871. The molecular formula is C8H10N2O. The fraction of sp³-hybridized carbons (Fsp3) is 0.125. The Hall–Kier alpha value is -1.51. The highest BCUT2D eigenvalue weighted by Gasteiger charge is 2.06. The zero-order valence-electron chi connectivity index (χ0n) is 6.29. The summed E-state index contributed by atoms with van der Waals surface area (Å²) in [5.74, 6) is 0. The van der Waals surface area contributed by atoms with Gasteiger partial charge in [-0.05, 0) is 6.08 Å². The van der Waals surface area contributed by atoms with Crippen LogP contribution >= 0.6 is 0 Å². The molecule has 1 rings (SSSR count). The van der Waals surface area contributed by atoms with Gasteiger partial charge in [0.05, 0.1) is 5.57 Å². The van der Waals surface area contributed by atoms with Crippen LogP contribution in [0.15, 0.2) is 36.1 Å². The maximum atomic E-state index is 10.3. The first kappa shape index (κ1) is 7.60. The van der Waals surface area contributed by atoms with E-state index < -0.39 is 0 Å². The van der Waals surface area contributed by atoms with E-state index in [0.29, 0.717) is 5.71 Å². The smallest absolute Gasteiger partial charge is 0.217 e. The molecule has 0 aromatic carbocycles. The largest absolute Gasteiger partial charge is 0.625 e. The van der Waals surface area contributed by atoms with E-state index >= 15 is 0 Å². The molecule has 0 amide bonds. The summed E-state index contributed by atoms with van der Waals surface area (Å²) in [4.78, 5) is 0. The van der Waals surface area contributed by atoms with E-state index in [0.717, 1.165) is 5.57 Å². The summed E-state index contributed by atoms with van der Waals surface area (Å²) in [6.45, 7) is 0. The molecular weight excluding hydrogens is 140 g/mol. The quantitative estimate of drug-likeness (QED) is 0.381. The SMILES string of the molecule is CN/C=C1/C=CC=C/C1=[NH+]\[O-]. The first-order chi connectivity index (χ1) is 5.38. The van der Waals surface area contributed by atoms with Crippen LogP contribution in [0.4, 0.5) is 0 Å². The van der Waals surface area contributed by atoms with Gasteiger partial charge >= 0.3 is 0 Å². The molecule has 0 saturated heterocycles. The summed E-state index contributed by atoms with van der Waals surface area (Å²) in [6.07, 6.45) is 9.05. The minimum Gasteiger partial charge on any atom is -0.625 e. The molecule has 58 valence electrons. The molecule has 0 unspecified atom stereocenters. The van der Waals surface area contributed by atoms with Crippen LogP contribution in [0.1, 0.15) is 0 Å². The Bertz CT molecular complexity index is 249. The molecule has 2 N–H and O–H groups in total. The van der Waals surface area contributed by atoms with Gasteiger partial charge in [-0.15, -0.1) is 0 Å². The molecule has 3 heteroatoms. The Morgan fingerprint density at radius 1 is 1.45 bits per heavy atom. The van der Waals surface area contributed by atoms with Crippen LogP contribution in [0.5, 0.6) is 0 Å². The van der Waals surface area contributed by atoms with Gasteiger partial charge in [0.15, 0.2) is 0 Å². The van der Waals surface area contributed by atoms with Crippen molar-refractivity contribution in [3.05, 3.63) is 41.3 Å². The third-order valence-corrected chi connectivity index (χ3v) is 1.37. The molecule has 0 radical (unpaired) electrons. The maximum Gasteiger partial charge on any atom is 0.217 e. The van der Waals surface area contributed by atoms with Crippen molar-refractivity contribution in [1.82, 2.24) is 5.32 Å². The summed E-state index contributed by atoms with van der Waals surface area (Å²) in [7, 11) is 1.79. The van der Waals surface area contributed by atoms with Crippen molar-refractivity contribution in [3.63, 3.8) is 0 Å². The van der Waals surface area contributed by atoms with Gasteiger partial charge in [0, 0.05) is 19.3 Å². The zero-order chi connectivity index (χ0) is 8.10. The molecule has 1 aliphatic carbocycles. The second kappa shape index (κ2) is 3.61. The zero-order valence-corrected chi connectivity index (χ0v) is 6.29. The third kappa shape index (κ3) is 1.70. The van der Waals surface area contributed by atoms with Gasteiger partial charge in [-0.3, -0.25) is 0 Å². The van der Waals surface area contributed by atoms with Gasteiger partial charge in [-0.2, -0.15) is 0 Å².